The first-order valence-corrected chi connectivity index (χ1v) is 3.51. The molecule has 0 radical (unpaired) electrons. The van der Waals surface area contributed by atoms with E-state index in [0.717, 1.165) is 6.92 Å². The quantitative estimate of drug-likeness (QED) is 0.601. The molecule has 0 bridgehead atoms. The van der Waals surface area contributed by atoms with Crippen LogP contribution in [0.2, 0.25) is 0 Å². The molecular weight excluding hydrogens is 138 g/mol. The van der Waals surface area contributed by atoms with E-state index in [2.05, 4.69) is 0 Å². The highest BCUT2D eigenvalue weighted by Crippen LogP contribution is 2.22. The van der Waals surface area contributed by atoms with Gasteiger partial charge < -0.3 is 4.74 Å². The normalized spacial score (nSPS) is 15.3. The van der Waals surface area contributed by atoms with Crippen molar-refractivity contribution in [3.8, 4) is 0 Å². The number of ether oxygens (including phenoxy) is 1. The van der Waals surface area contributed by atoms with Gasteiger partial charge in [0.15, 0.2) is 0 Å². The van der Waals surface area contributed by atoms with Gasteiger partial charge in [-0.05, 0) is 13.3 Å². The van der Waals surface area contributed by atoms with Gasteiger partial charge in [-0.3, -0.25) is 0 Å². The Hall–Kier alpha value is -0.180. The van der Waals surface area contributed by atoms with Crippen LogP contribution in [0.5, 0.6) is 0 Å². The molecule has 3 heteroatoms. The largest absolute Gasteiger partial charge is 0.372 e. The van der Waals surface area contributed by atoms with Gasteiger partial charge in [0.1, 0.15) is 6.10 Å². The van der Waals surface area contributed by atoms with Gasteiger partial charge in [-0.25, -0.2) is 8.78 Å². The maximum atomic E-state index is 12.4. The minimum atomic E-state index is -2.70. The van der Waals surface area contributed by atoms with Gasteiger partial charge in [0, 0.05) is 13.5 Å². The predicted molar refractivity (Wildman–Crippen MR) is 36.3 cm³/mol. The second-order valence-corrected chi connectivity index (χ2v) is 2.31. The molecule has 0 N–H and O–H groups in total. The van der Waals surface area contributed by atoms with Crippen molar-refractivity contribution in [1.29, 1.82) is 0 Å². The molecule has 0 saturated heterocycles. The van der Waals surface area contributed by atoms with Gasteiger partial charge in [-0.15, -0.1) is 0 Å². The number of rotatable bonds is 4. The molecule has 0 saturated carbocycles. The second-order valence-electron chi connectivity index (χ2n) is 2.31. The lowest BCUT2D eigenvalue weighted by molar-refractivity contribution is -0.123. The van der Waals surface area contributed by atoms with Crippen molar-refractivity contribution in [2.75, 3.05) is 6.61 Å². The summed E-state index contributed by atoms with van der Waals surface area (Å²) in [5, 5.41) is 0. The number of alkyl halides is 2. The van der Waals surface area contributed by atoms with Gasteiger partial charge in [0.25, 0.3) is 5.92 Å². The molecule has 0 aromatic heterocycles. The number of hydrogen-bond acceptors (Lipinski definition) is 1. The zero-order chi connectivity index (χ0) is 8.20. The van der Waals surface area contributed by atoms with Gasteiger partial charge in [0.2, 0.25) is 0 Å². The van der Waals surface area contributed by atoms with Crippen molar-refractivity contribution in [3.05, 3.63) is 0 Å². The summed E-state index contributed by atoms with van der Waals surface area (Å²) < 4.78 is 29.7. The van der Waals surface area contributed by atoms with Crippen LogP contribution in [0.3, 0.4) is 0 Å². The number of hydrogen-bond donors (Lipinski definition) is 0. The summed E-state index contributed by atoms with van der Waals surface area (Å²) in [6.45, 7) is 4.64. The summed E-state index contributed by atoms with van der Waals surface area (Å²) in [6.07, 6.45) is -0.561. The Bertz CT molecular complexity index is 88.1. The van der Waals surface area contributed by atoms with Crippen LogP contribution in [0, 0.1) is 0 Å². The summed E-state index contributed by atoms with van der Waals surface area (Å²) in [6, 6.07) is 0. The van der Waals surface area contributed by atoms with Crippen LogP contribution < -0.4 is 0 Å². The third-order valence-corrected chi connectivity index (χ3v) is 1.30. The minimum absolute atomic E-state index is 0.349. The van der Waals surface area contributed by atoms with Crippen LogP contribution >= 0.6 is 0 Å². The second kappa shape index (κ2) is 3.86. The molecule has 0 aliphatic rings. The fraction of sp³-hybridized carbons (Fsp3) is 1.00. The fourth-order valence-corrected chi connectivity index (χ4v) is 0.824. The topological polar surface area (TPSA) is 9.23 Å². The Balaban J connectivity index is 3.81. The molecular formula is C7H14F2O. The highest BCUT2D eigenvalue weighted by Gasteiger charge is 2.32. The summed E-state index contributed by atoms with van der Waals surface area (Å²) in [5.74, 6) is -2.70. The Morgan fingerprint density at radius 1 is 1.40 bits per heavy atom. The highest BCUT2D eigenvalue weighted by molar-refractivity contribution is 4.70. The van der Waals surface area contributed by atoms with Gasteiger partial charge in [0.05, 0.1) is 0 Å². The third-order valence-electron chi connectivity index (χ3n) is 1.30. The molecule has 10 heavy (non-hydrogen) atoms. The molecule has 0 heterocycles. The lowest BCUT2D eigenvalue weighted by Crippen LogP contribution is -2.32. The molecule has 0 aromatic rings. The molecule has 0 fully saturated rings. The van der Waals surface area contributed by atoms with Crippen LogP contribution in [0.15, 0.2) is 0 Å². The predicted octanol–water partition coefficient (Wildman–Crippen LogP) is 2.46. The standard InChI is InChI=1S/C7H14F2O/c1-4-6(10-5-2)7(3,8)9/h6H,4-5H2,1-3H3. The average molecular weight is 152 g/mol. The number of halogens is 2. The Morgan fingerprint density at radius 2 is 1.90 bits per heavy atom. The van der Waals surface area contributed by atoms with Crippen molar-refractivity contribution in [1.82, 2.24) is 0 Å². The third kappa shape index (κ3) is 3.11. The zero-order valence-corrected chi connectivity index (χ0v) is 6.66. The van der Waals surface area contributed by atoms with Crippen LogP contribution in [0.25, 0.3) is 0 Å². The monoisotopic (exact) mass is 152 g/mol. The van der Waals surface area contributed by atoms with E-state index in [1.165, 1.54) is 0 Å². The summed E-state index contributed by atoms with van der Waals surface area (Å²) in [5.41, 5.74) is 0. The molecule has 0 aliphatic carbocycles. The average Bonchev–Trinajstić information content (AvgIpc) is 1.80. The van der Waals surface area contributed by atoms with Gasteiger partial charge in [-0.1, -0.05) is 6.92 Å². The lowest BCUT2D eigenvalue weighted by Gasteiger charge is -2.21. The maximum absolute atomic E-state index is 12.4. The van der Waals surface area contributed by atoms with E-state index in [1.807, 2.05) is 0 Å². The lowest BCUT2D eigenvalue weighted by atomic mass is 10.2. The minimum Gasteiger partial charge on any atom is -0.372 e. The molecule has 1 unspecified atom stereocenters. The molecule has 0 rings (SSSR count). The summed E-state index contributed by atoms with van der Waals surface area (Å²) in [7, 11) is 0. The van der Waals surface area contributed by atoms with E-state index in [-0.39, 0.29) is 0 Å². The van der Waals surface area contributed by atoms with Crippen molar-refractivity contribution in [2.24, 2.45) is 0 Å². The molecule has 0 amide bonds. The van der Waals surface area contributed by atoms with Crippen molar-refractivity contribution < 1.29 is 13.5 Å². The van der Waals surface area contributed by atoms with Crippen LogP contribution in [0.4, 0.5) is 8.78 Å². The summed E-state index contributed by atoms with van der Waals surface area (Å²) in [4.78, 5) is 0. The van der Waals surface area contributed by atoms with Gasteiger partial charge >= 0.3 is 0 Å². The highest BCUT2D eigenvalue weighted by atomic mass is 19.3. The van der Waals surface area contributed by atoms with Crippen molar-refractivity contribution in [2.45, 2.75) is 39.2 Å². The van der Waals surface area contributed by atoms with Crippen LogP contribution in [0.1, 0.15) is 27.2 Å². The van der Waals surface area contributed by atoms with E-state index in [4.69, 9.17) is 4.74 Å². The Morgan fingerprint density at radius 3 is 2.00 bits per heavy atom. The van der Waals surface area contributed by atoms with E-state index in [1.54, 1.807) is 13.8 Å². The molecule has 0 aliphatic heterocycles. The van der Waals surface area contributed by atoms with Crippen LogP contribution in [-0.4, -0.2) is 18.6 Å². The first-order chi connectivity index (χ1) is 4.52. The zero-order valence-electron chi connectivity index (χ0n) is 6.66. The summed E-state index contributed by atoms with van der Waals surface area (Å²) >= 11 is 0. The van der Waals surface area contributed by atoms with E-state index < -0.39 is 12.0 Å². The molecule has 0 spiro atoms. The van der Waals surface area contributed by atoms with Crippen molar-refractivity contribution >= 4 is 0 Å². The first-order valence-electron chi connectivity index (χ1n) is 3.51. The molecule has 62 valence electrons. The first kappa shape index (κ1) is 9.82. The molecule has 0 aromatic carbocycles. The Labute approximate surface area is 60.4 Å². The van der Waals surface area contributed by atoms with Crippen LogP contribution in [-0.2, 0) is 4.74 Å². The van der Waals surface area contributed by atoms with E-state index in [0.29, 0.717) is 13.0 Å². The Kier molecular flexibility index (Phi) is 3.79. The molecule has 1 atom stereocenters. The maximum Gasteiger partial charge on any atom is 0.270 e. The van der Waals surface area contributed by atoms with E-state index >= 15 is 0 Å². The van der Waals surface area contributed by atoms with E-state index in [9.17, 15) is 8.78 Å². The smallest absolute Gasteiger partial charge is 0.270 e. The SMILES string of the molecule is CCOC(CC)C(C)(F)F. The van der Waals surface area contributed by atoms with Crippen molar-refractivity contribution in [3.63, 3.8) is 0 Å². The van der Waals surface area contributed by atoms with Gasteiger partial charge in [-0.2, -0.15) is 0 Å². The fourth-order valence-electron chi connectivity index (χ4n) is 0.824. The molecule has 1 nitrogen and oxygen atoms in total.